The summed E-state index contributed by atoms with van der Waals surface area (Å²) in [7, 11) is 0. The Balaban J connectivity index is 3.79. The minimum absolute atomic E-state index is 1.01. The molecular weight excluding hydrogens is 324 g/mol. The van der Waals surface area contributed by atoms with Crippen LogP contribution in [0.4, 0.5) is 0 Å². The fourth-order valence-corrected chi connectivity index (χ4v) is 0. The highest BCUT2D eigenvalue weighted by Gasteiger charge is 2.24. The van der Waals surface area contributed by atoms with E-state index in [-0.39, 0.29) is 0 Å². The van der Waals surface area contributed by atoms with Gasteiger partial charge >= 0.3 is 5.97 Å². The van der Waals surface area contributed by atoms with Gasteiger partial charge in [0.2, 0.25) is 1.55 Å². The van der Waals surface area contributed by atoms with Crippen LogP contribution in [-0.2, 0) is 4.79 Å². The SMILES string of the molecule is NC(I)(I)C(=O)O. The Morgan fingerprint density at radius 3 is 1.86 bits per heavy atom. The summed E-state index contributed by atoms with van der Waals surface area (Å²) >= 11 is 3.26. The van der Waals surface area contributed by atoms with Crippen LogP contribution in [0.1, 0.15) is 0 Å². The molecule has 0 fully saturated rings. The molecule has 5 heteroatoms. The molecule has 0 saturated carbocycles. The quantitative estimate of drug-likeness (QED) is 0.420. The number of nitrogens with two attached hydrogens (primary N) is 1. The molecular formula is C2H3I2NO2. The van der Waals surface area contributed by atoms with Crippen LogP contribution in [0, 0.1) is 0 Å². The summed E-state index contributed by atoms with van der Waals surface area (Å²) in [5.41, 5.74) is 5.05. The number of alkyl halides is 2. The normalized spacial score (nSPS) is 11.3. The monoisotopic (exact) mass is 327 g/mol. The molecule has 0 atom stereocenters. The zero-order valence-electron chi connectivity index (χ0n) is 3.19. The number of hydrogen-bond acceptors (Lipinski definition) is 2. The topological polar surface area (TPSA) is 63.3 Å². The van der Waals surface area contributed by atoms with Gasteiger partial charge in [0.25, 0.3) is 0 Å². The summed E-state index contributed by atoms with van der Waals surface area (Å²) < 4.78 is -1.14. The van der Waals surface area contributed by atoms with Gasteiger partial charge < -0.3 is 5.11 Å². The van der Waals surface area contributed by atoms with E-state index < -0.39 is 7.52 Å². The zero-order chi connectivity index (χ0) is 6.08. The van der Waals surface area contributed by atoms with Gasteiger partial charge in [0, 0.05) is 0 Å². The summed E-state index contributed by atoms with van der Waals surface area (Å²) in [5, 5.41) is 8.11. The summed E-state index contributed by atoms with van der Waals surface area (Å²) in [6.45, 7) is 0. The molecule has 0 amide bonds. The molecule has 0 aliphatic rings. The maximum absolute atomic E-state index is 9.88. The predicted molar refractivity (Wildman–Crippen MR) is 42.6 cm³/mol. The molecule has 0 heterocycles. The van der Waals surface area contributed by atoms with Crippen molar-refractivity contribution in [1.29, 1.82) is 0 Å². The third-order valence-electron chi connectivity index (χ3n) is 0.285. The van der Waals surface area contributed by atoms with Crippen LogP contribution in [0.25, 0.3) is 0 Å². The summed E-state index contributed by atoms with van der Waals surface area (Å²) in [6, 6.07) is 0. The molecule has 42 valence electrons. The molecule has 0 aliphatic heterocycles. The van der Waals surface area contributed by atoms with E-state index in [0.717, 1.165) is 0 Å². The third kappa shape index (κ3) is 3.47. The number of aliphatic carboxylic acids is 1. The Labute approximate surface area is 67.9 Å². The average molecular weight is 327 g/mol. The van der Waals surface area contributed by atoms with Gasteiger partial charge in [-0.25, -0.2) is 4.79 Å². The second kappa shape index (κ2) is 2.44. The standard InChI is InChI=1S/C2H3I2NO2/c3-2(4,5)1(6)7/h5H2,(H,6,7). The fourth-order valence-electron chi connectivity index (χ4n) is 0. The van der Waals surface area contributed by atoms with Crippen molar-refractivity contribution in [2.45, 2.75) is 1.55 Å². The predicted octanol–water partition coefficient (Wildman–Crippen LogP) is 0.554. The van der Waals surface area contributed by atoms with Crippen LogP contribution >= 0.6 is 45.2 Å². The smallest absolute Gasteiger partial charge is 0.344 e. The Bertz CT molecular complexity index is 86.2. The second-order valence-electron chi connectivity index (χ2n) is 0.928. The van der Waals surface area contributed by atoms with Crippen molar-refractivity contribution in [1.82, 2.24) is 0 Å². The lowest BCUT2D eigenvalue weighted by molar-refractivity contribution is -0.136. The van der Waals surface area contributed by atoms with Crippen molar-refractivity contribution in [3.8, 4) is 0 Å². The number of carbonyl (C=O) groups is 1. The molecule has 0 aromatic heterocycles. The molecule has 0 radical (unpaired) electrons. The fraction of sp³-hybridized carbons (Fsp3) is 0.500. The lowest BCUT2D eigenvalue weighted by Gasteiger charge is -2.04. The van der Waals surface area contributed by atoms with Crippen molar-refractivity contribution in [2.75, 3.05) is 0 Å². The summed E-state index contributed by atoms with van der Waals surface area (Å²) in [6.07, 6.45) is 0. The first kappa shape index (κ1) is 7.89. The number of rotatable bonds is 1. The highest BCUT2D eigenvalue weighted by Crippen LogP contribution is 2.19. The van der Waals surface area contributed by atoms with E-state index in [9.17, 15) is 4.79 Å². The highest BCUT2D eigenvalue weighted by molar-refractivity contribution is 14.2. The van der Waals surface area contributed by atoms with Crippen molar-refractivity contribution < 1.29 is 9.90 Å². The lowest BCUT2D eigenvalue weighted by atomic mass is 10.7. The molecule has 0 aromatic rings. The minimum Gasteiger partial charge on any atom is -0.479 e. The van der Waals surface area contributed by atoms with Crippen LogP contribution < -0.4 is 5.73 Å². The maximum atomic E-state index is 9.88. The molecule has 0 aromatic carbocycles. The van der Waals surface area contributed by atoms with Gasteiger partial charge in [-0.15, -0.1) is 0 Å². The Kier molecular flexibility index (Phi) is 2.75. The van der Waals surface area contributed by atoms with E-state index in [2.05, 4.69) is 0 Å². The molecule has 3 N–H and O–H groups in total. The minimum atomic E-state index is -1.14. The van der Waals surface area contributed by atoms with Crippen molar-refractivity contribution >= 4 is 51.2 Å². The lowest BCUT2D eigenvalue weighted by Crippen LogP contribution is -2.33. The number of hydrogen-bond donors (Lipinski definition) is 2. The molecule has 7 heavy (non-hydrogen) atoms. The summed E-state index contributed by atoms with van der Waals surface area (Å²) in [5.74, 6) is -1.01. The van der Waals surface area contributed by atoms with Crippen molar-refractivity contribution in [2.24, 2.45) is 5.73 Å². The Morgan fingerprint density at radius 2 is 1.86 bits per heavy atom. The average Bonchev–Trinajstić information content (AvgIpc) is 1.31. The van der Waals surface area contributed by atoms with Crippen LogP contribution in [-0.4, -0.2) is 12.6 Å². The van der Waals surface area contributed by atoms with Gasteiger partial charge in [-0.05, 0) is 45.2 Å². The number of carboxylic acid groups (broad SMARTS) is 1. The first-order valence-corrected chi connectivity index (χ1v) is 3.50. The van der Waals surface area contributed by atoms with Gasteiger partial charge in [-0.2, -0.15) is 0 Å². The van der Waals surface area contributed by atoms with E-state index in [1.165, 1.54) is 0 Å². The maximum Gasteiger partial charge on any atom is 0.344 e. The van der Waals surface area contributed by atoms with Crippen LogP contribution in [0.2, 0.25) is 0 Å². The molecule has 0 aliphatic carbocycles. The molecule has 0 saturated heterocycles. The molecule has 3 nitrogen and oxygen atoms in total. The van der Waals surface area contributed by atoms with Gasteiger partial charge in [0.1, 0.15) is 0 Å². The first-order chi connectivity index (χ1) is 2.94. The van der Waals surface area contributed by atoms with E-state index in [4.69, 9.17) is 10.8 Å². The largest absolute Gasteiger partial charge is 0.479 e. The molecule has 0 bridgehead atoms. The van der Waals surface area contributed by atoms with E-state index >= 15 is 0 Å². The van der Waals surface area contributed by atoms with Gasteiger partial charge in [0.15, 0.2) is 0 Å². The van der Waals surface area contributed by atoms with Gasteiger partial charge in [0.05, 0.1) is 0 Å². The molecule has 0 unspecified atom stereocenters. The van der Waals surface area contributed by atoms with Crippen molar-refractivity contribution in [3.05, 3.63) is 0 Å². The Morgan fingerprint density at radius 1 is 1.71 bits per heavy atom. The molecule has 0 spiro atoms. The molecule has 0 rings (SSSR count). The number of halogens is 2. The second-order valence-corrected chi connectivity index (χ2v) is 6.40. The van der Waals surface area contributed by atoms with Crippen LogP contribution in [0.3, 0.4) is 0 Å². The van der Waals surface area contributed by atoms with Gasteiger partial charge in [-0.1, -0.05) is 0 Å². The van der Waals surface area contributed by atoms with Crippen LogP contribution in [0.15, 0.2) is 0 Å². The number of carboxylic acids is 1. The third-order valence-corrected chi connectivity index (χ3v) is 1.21. The first-order valence-electron chi connectivity index (χ1n) is 1.34. The van der Waals surface area contributed by atoms with E-state index in [1.807, 2.05) is 0 Å². The Hall–Kier alpha value is 0.890. The van der Waals surface area contributed by atoms with E-state index in [0.29, 0.717) is 0 Å². The van der Waals surface area contributed by atoms with Crippen LogP contribution in [0.5, 0.6) is 0 Å². The highest BCUT2D eigenvalue weighted by atomic mass is 127. The zero-order valence-corrected chi connectivity index (χ0v) is 7.50. The van der Waals surface area contributed by atoms with Gasteiger partial charge in [-0.3, -0.25) is 5.73 Å². The summed E-state index contributed by atoms with van der Waals surface area (Å²) in [4.78, 5) is 9.88. The van der Waals surface area contributed by atoms with E-state index in [1.54, 1.807) is 45.2 Å². The van der Waals surface area contributed by atoms with Crippen molar-refractivity contribution in [3.63, 3.8) is 0 Å².